The Labute approximate surface area is 110 Å². The number of hydrogen-bond donors (Lipinski definition) is 1. The van der Waals surface area contributed by atoms with Crippen molar-refractivity contribution < 1.29 is 4.39 Å². The average Bonchev–Trinajstić information content (AvgIpc) is 2.80. The van der Waals surface area contributed by atoms with Crippen molar-refractivity contribution in [2.45, 2.75) is 32.7 Å². The Morgan fingerprint density at radius 2 is 2.06 bits per heavy atom. The van der Waals surface area contributed by atoms with E-state index in [0.29, 0.717) is 0 Å². The first-order chi connectivity index (χ1) is 8.50. The first kappa shape index (κ1) is 13.1. The van der Waals surface area contributed by atoms with Crippen LogP contribution in [0.1, 0.15) is 47.5 Å². The average molecular weight is 265 g/mol. The quantitative estimate of drug-likeness (QED) is 0.927. The molecule has 1 atom stereocenters. The van der Waals surface area contributed by atoms with Gasteiger partial charge in [-0.1, -0.05) is 24.4 Å². The maximum absolute atomic E-state index is 13.3. The van der Waals surface area contributed by atoms with Gasteiger partial charge in [-0.15, -0.1) is 5.10 Å². The summed E-state index contributed by atoms with van der Waals surface area (Å²) in [4.78, 5) is 0.915. The highest BCUT2D eigenvalue weighted by atomic mass is 32.1. The number of hydrogen-bond acceptors (Lipinski definition) is 4. The van der Waals surface area contributed by atoms with Crippen molar-refractivity contribution in [1.29, 1.82) is 0 Å². The molecule has 1 aromatic heterocycles. The monoisotopic (exact) mass is 265 g/mol. The lowest BCUT2D eigenvalue weighted by Crippen LogP contribution is -2.14. The van der Waals surface area contributed by atoms with E-state index in [1.165, 1.54) is 23.7 Å². The van der Waals surface area contributed by atoms with E-state index in [0.717, 1.165) is 21.7 Å². The van der Waals surface area contributed by atoms with Crippen molar-refractivity contribution in [1.82, 2.24) is 9.59 Å². The summed E-state index contributed by atoms with van der Waals surface area (Å²) in [5.74, 6) is -0.00622. The molecule has 0 fully saturated rings. The van der Waals surface area contributed by atoms with E-state index >= 15 is 0 Å². The first-order valence-electron chi connectivity index (χ1n) is 5.84. The van der Waals surface area contributed by atoms with Gasteiger partial charge in [0.1, 0.15) is 5.82 Å². The fourth-order valence-electron chi connectivity index (χ4n) is 1.91. The van der Waals surface area contributed by atoms with Gasteiger partial charge >= 0.3 is 0 Å². The summed E-state index contributed by atoms with van der Waals surface area (Å²) in [6.45, 7) is 6.02. The molecule has 0 aliphatic carbocycles. The van der Waals surface area contributed by atoms with Crippen molar-refractivity contribution in [3.05, 3.63) is 45.7 Å². The van der Waals surface area contributed by atoms with Crippen molar-refractivity contribution in [2.75, 3.05) is 0 Å². The molecule has 2 rings (SSSR count). The minimum atomic E-state index is -0.363. The highest BCUT2D eigenvalue weighted by Gasteiger charge is 2.21. The highest BCUT2D eigenvalue weighted by Crippen LogP contribution is 2.30. The van der Waals surface area contributed by atoms with Crippen LogP contribution in [0.5, 0.6) is 0 Å². The third kappa shape index (κ3) is 2.42. The minimum Gasteiger partial charge on any atom is -0.319 e. The fraction of sp³-hybridized carbons (Fsp3) is 0.385. The summed E-state index contributed by atoms with van der Waals surface area (Å²) in [7, 11) is 0. The zero-order valence-corrected chi connectivity index (χ0v) is 11.5. The van der Waals surface area contributed by atoms with Gasteiger partial charge in [-0.3, -0.25) is 0 Å². The molecule has 96 valence electrons. The van der Waals surface area contributed by atoms with Gasteiger partial charge in [0.25, 0.3) is 0 Å². The molecule has 0 amide bonds. The van der Waals surface area contributed by atoms with Crippen LogP contribution in [0.3, 0.4) is 0 Å². The van der Waals surface area contributed by atoms with Gasteiger partial charge in [-0.25, -0.2) is 4.39 Å². The van der Waals surface area contributed by atoms with Crippen LogP contribution in [0, 0.1) is 12.7 Å². The largest absolute Gasteiger partial charge is 0.319 e. The SMILES string of the molecule is Cc1ccc(F)cc1C(N)c1snnc1C(C)C. The van der Waals surface area contributed by atoms with Crippen LogP contribution in [0.4, 0.5) is 4.39 Å². The normalized spacial score (nSPS) is 13.0. The number of rotatable bonds is 3. The number of nitrogens with zero attached hydrogens (tertiary/aromatic N) is 2. The molecule has 0 bridgehead atoms. The molecule has 0 saturated heterocycles. The lowest BCUT2D eigenvalue weighted by molar-refractivity contribution is 0.622. The molecule has 1 unspecified atom stereocenters. The predicted octanol–water partition coefficient (Wildman–Crippen LogP) is 3.16. The number of aryl methyl sites for hydroxylation is 1. The molecule has 3 nitrogen and oxygen atoms in total. The molecular formula is C13H16FN3S. The van der Waals surface area contributed by atoms with Crippen LogP contribution in [0.25, 0.3) is 0 Å². The summed E-state index contributed by atoms with van der Waals surface area (Å²) in [6.07, 6.45) is 0. The van der Waals surface area contributed by atoms with E-state index in [1.807, 2.05) is 20.8 Å². The Balaban J connectivity index is 2.44. The smallest absolute Gasteiger partial charge is 0.123 e. The first-order valence-corrected chi connectivity index (χ1v) is 6.61. The number of aromatic nitrogens is 2. The Bertz CT molecular complexity index is 551. The van der Waals surface area contributed by atoms with Crippen LogP contribution in [0.15, 0.2) is 18.2 Å². The van der Waals surface area contributed by atoms with Gasteiger partial charge in [-0.2, -0.15) is 0 Å². The van der Waals surface area contributed by atoms with Crippen LogP contribution >= 0.6 is 11.5 Å². The maximum atomic E-state index is 13.3. The van der Waals surface area contributed by atoms with E-state index < -0.39 is 0 Å². The number of nitrogens with two attached hydrogens (primary N) is 1. The summed E-state index contributed by atoms with van der Waals surface area (Å²) in [6, 6.07) is 4.32. The van der Waals surface area contributed by atoms with E-state index in [1.54, 1.807) is 6.07 Å². The summed E-state index contributed by atoms with van der Waals surface area (Å²) in [5, 5.41) is 4.11. The molecule has 18 heavy (non-hydrogen) atoms. The molecule has 2 N–H and O–H groups in total. The molecular weight excluding hydrogens is 249 g/mol. The Hall–Kier alpha value is -1.33. The molecule has 1 heterocycles. The molecule has 0 saturated carbocycles. The van der Waals surface area contributed by atoms with Crippen molar-refractivity contribution in [2.24, 2.45) is 5.73 Å². The van der Waals surface area contributed by atoms with Crippen molar-refractivity contribution >= 4 is 11.5 Å². The standard InChI is InChI=1S/C13H16FN3S/c1-7(2)12-13(18-17-16-12)11(15)10-6-9(14)5-4-8(10)3/h4-7,11H,15H2,1-3H3. The van der Waals surface area contributed by atoms with Gasteiger partial charge < -0.3 is 5.73 Å². The van der Waals surface area contributed by atoms with Gasteiger partial charge in [0.05, 0.1) is 16.6 Å². The second-order valence-electron chi connectivity index (χ2n) is 4.66. The third-order valence-corrected chi connectivity index (χ3v) is 3.77. The Morgan fingerprint density at radius 1 is 1.33 bits per heavy atom. The van der Waals surface area contributed by atoms with Crippen LogP contribution in [0.2, 0.25) is 0 Å². The molecule has 5 heteroatoms. The second kappa shape index (κ2) is 5.12. The predicted molar refractivity (Wildman–Crippen MR) is 71.2 cm³/mol. The van der Waals surface area contributed by atoms with Crippen molar-refractivity contribution in [3.8, 4) is 0 Å². The topological polar surface area (TPSA) is 51.8 Å². The van der Waals surface area contributed by atoms with Gasteiger partial charge in [0, 0.05) is 0 Å². The summed E-state index contributed by atoms with van der Waals surface area (Å²) >= 11 is 1.29. The molecule has 0 aliphatic rings. The highest BCUT2D eigenvalue weighted by molar-refractivity contribution is 7.05. The van der Waals surface area contributed by atoms with Crippen molar-refractivity contribution in [3.63, 3.8) is 0 Å². The Kier molecular flexibility index (Phi) is 3.73. The molecule has 2 aromatic rings. The van der Waals surface area contributed by atoms with Gasteiger partial charge in [-0.05, 0) is 47.6 Å². The third-order valence-electron chi connectivity index (χ3n) is 2.95. The number of benzene rings is 1. The van der Waals surface area contributed by atoms with Crippen LogP contribution in [-0.4, -0.2) is 9.59 Å². The summed E-state index contributed by atoms with van der Waals surface area (Å²) in [5.41, 5.74) is 8.91. The second-order valence-corrected chi connectivity index (χ2v) is 5.44. The zero-order valence-electron chi connectivity index (χ0n) is 10.6. The minimum absolute atomic E-state index is 0.263. The Morgan fingerprint density at radius 3 is 2.72 bits per heavy atom. The van der Waals surface area contributed by atoms with Crippen LogP contribution < -0.4 is 5.73 Å². The van der Waals surface area contributed by atoms with Gasteiger partial charge in [0.2, 0.25) is 0 Å². The van der Waals surface area contributed by atoms with E-state index in [4.69, 9.17) is 5.73 Å². The van der Waals surface area contributed by atoms with Gasteiger partial charge in [0.15, 0.2) is 0 Å². The van der Waals surface area contributed by atoms with Crippen LogP contribution in [-0.2, 0) is 0 Å². The molecule has 0 spiro atoms. The fourth-order valence-corrected chi connectivity index (χ4v) is 2.74. The van der Waals surface area contributed by atoms with E-state index in [9.17, 15) is 4.39 Å². The lowest BCUT2D eigenvalue weighted by Gasteiger charge is -2.15. The number of halogens is 1. The molecule has 1 aromatic carbocycles. The van der Waals surface area contributed by atoms with E-state index in [-0.39, 0.29) is 17.8 Å². The molecule has 0 aliphatic heterocycles. The van der Waals surface area contributed by atoms with E-state index in [2.05, 4.69) is 9.59 Å². The summed E-state index contributed by atoms with van der Waals surface area (Å²) < 4.78 is 17.3. The molecule has 0 radical (unpaired) electrons. The lowest BCUT2D eigenvalue weighted by atomic mass is 9.97. The maximum Gasteiger partial charge on any atom is 0.123 e. The zero-order chi connectivity index (χ0) is 13.3.